The summed E-state index contributed by atoms with van der Waals surface area (Å²) in [4.78, 5) is 2.31. The predicted molar refractivity (Wildman–Crippen MR) is 214 cm³/mol. The second kappa shape index (κ2) is 20.2. The van der Waals surface area contributed by atoms with E-state index in [1.54, 1.807) is 24.3 Å². The van der Waals surface area contributed by atoms with Gasteiger partial charge < -0.3 is 19.3 Å². The smallest absolute Gasteiger partial charge is 0.748 e. The van der Waals surface area contributed by atoms with Gasteiger partial charge in [0.15, 0.2) is 12.3 Å². The first-order valence-corrected chi connectivity index (χ1v) is 23.1. The van der Waals surface area contributed by atoms with Crippen LogP contribution in [0.4, 0.5) is 11.4 Å². The van der Waals surface area contributed by atoms with Crippen molar-refractivity contribution in [2.75, 3.05) is 18.0 Å². The van der Waals surface area contributed by atoms with Gasteiger partial charge in [-0.1, -0.05) is 38.1 Å². The Hall–Kier alpha value is -0.690. The average molecular weight is 928 g/mol. The first-order valence-electron chi connectivity index (χ1n) is 17.9. The molecule has 2 unspecified atom stereocenters. The SMILES string of the molecule is CC(CC[N+]1=C(C=C/C=C2/N(CCC(C)S(=O)(=O)O)c3ccc4cc(SOO[O-])ccc4c3C2(C)C)C(C)(C)c2c1ccc1cc(S(=O)(=O)[O-])ccc21)S(=O)(=O)[O-].[Na+].[Na+].[Na+]. The zero-order chi connectivity index (χ0) is 41.9. The van der Waals surface area contributed by atoms with Gasteiger partial charge in [0.1, 0.15) is 10.1 Å². The second-order valence-electron chi connectivity index (χ2n) is 15.4. The van der Waals surface area contributed by atoms with Crippen molar-refractivity contribution in [3.63, 3.8) is 0 Å². The molecule has 1 N–H and O–H groups in total. The summed E-state index contributed by atoms with van der Waals surface area (Å²) in [6.07, 6.45) is 5.85. The van der Waals surface area contributed by atoms with Crippen molar-refractivity contribution in [1.82, 2.24) is 0 Å². The van der Waals surface area contributed by atoms with E-state index in [-0.39, 0.29) is 119 Å². The van der Waals surface area contributed by atoms with E-state index in [0.717, 1.165) is 56.7 Å². The van der Waals surface area contributed by atoms with E-state index in [2.05, 4.69) is 23.2 Å². The van der Waals surface area contributed by atoms with Crippen LogP contribution in [0.2, 0.25) is 0 Å². The monoisotopic (exact) mass is 927 g/mol. The Morgan fingerprint density at radius 2 is 1.43 bits per heavy atom. The van der Waals surface area contributed by atoms with Crippen LogP contribution < -0.4 is 98.8 Å². The number of nitrogens with zero attached hydrogens (tertiary/aromatic N) is 2. The summed E-state index contributed by atoms with van der Waals surface area (Å²) in [7, 11) is -13.6. The van der Waals surface area contributed by atoms with Crippen molar-refractivity contribution >= 4 is 81.0 Å². The van der Waals surface area contributed by atoms with E-state index in [1.807, 2.05) is 65.8 Å². The summed E-state index contributed by atoms with van der Waals surface area (Å²) >= 11 is 0.775. The molecule has 4 aromatic carbocycles. The fourth-order valence-corrected chi connectivity index (χ4v) is 9.74. The Morgan fingerprint density at radius 1 is 0.817 bits per heavy atom. The minimum atomic E-state index is -4.72. The molecule has 60 heavy (non-hydrogen) atoms. The zero-order valence-corrected chi connectivity index (χ0v) is 44.2. The Morgan fingerprint density at radius 3 is 2.05 bits per heavy atom. The van der Waals surface area contributed by atoms with Crippen LogP contribution in [0.25, 0.3) is 21.5 Å². The summed E-state index contributed by atoms with van der Waals surface area (Å²) in [6.45, 7) is 11.3. The summed E-state index contributed by atoms with van der Waals surface area (Å²) in [5.41, 5.74) is 3.58. The quantitative estimate of drug-likeness (QED) is 0.0329. The molecular formula is C39H42N2Na3O12S4+. The number of hydrogen-bond acceptors (Lipinski definition) is 13. The molecule has 0 amide bonds. The molecule has 0 saturated heterocycles. The maximum absolute atomic E-state index is 12.0. The third-order valence-corrected chi connectivity index (χ3v) is 15.0. The Labute approximate surface area is 422 Å². The van der Waals surface area contributed by atoms with E-state index in [0.29, 0.717) is 15.7 Å². The van der Waals surface area contributed by atoms with Gasteiger partial charge in [-0.15, -0.1) is 0 Å². The molecule has 2 atom stereocenters. The van der Waals surface area contributed by atoms with Crippen LogP contribution in [0.5, 0.6) is 0 Å². The fraction of sp³-hybridized carbons (Fsp3) is 0.359. The minimum Gasteiger partial charge on any atom is -0.748 e. The number of benzene rings is 4. The molecule has 2 heterocycles. The van der Waals surface area contributed by atoms with Crippen LogP contribution in [0.3, 0.4) is 0 Å². The molecule has 14 nitrogen and oxygen atoms in total. The topological polar surface area (TPSA) is 217 Å². The van der Waals surface area contributed by atoms with Crippen molar-refractivity contribution < 1.29 is 147 Å². The van der Waals surface area contributed by atoms with E-state index >= 15 is 0 Å². The molecule has 4 aromatic rings. The Kier molecular flexibility index (Phi) is 18.1. The molecule has 0 aliphatic carbocycles. The maximum atomic E-state index is 12.0. The van der Waals surface area contributed by atoms with Crippen molar-refractivity contribution in [2.45, 2.75) is 85.5 Å². The van der Waals surface area contributed by atoms with Gasteiger partial charge in [-0.2, -0.15) is 17.3 Å². The van der Waals surface area contributed by atoms with Gasteiger partial charge in [0.05, 0.1) is 43.0 Å². The Balaban J connectivity index is 0.00000320. The molecular weight excluding hydrogens is 886 g/mol. The molecule has 0 aromatic heterocycles. The van der Waals surface area contributed by atoms with E-state index in [9.17, 15) is 44.2 Å². The van der Waals surface area contributed by atoms with Crippen molar-refractivity contribution in [2.24, 2.45) is 0 Å². The number of allylic oxidation sites excluding steroid dienone is 4. The van der Waals surface area contributed by atoms with E-state index in [4.69, 9.17) is 0 Å². The number of fused-ring (bicyclic) bond motifs is 6. The van der Waals surface area contributed by atoms with Crippen molar-refractivity contribution in [3.05, 3.63) is 95.7 Å². The van der Waals surface area contributed by atoms with Crippen LogP contribution in [0, 0.1) is 0 Å². The Bertz CT molecular complexity index is 2720. The summed E-state index contributed by atoms with van der Waals surface area (Å²) in [5, 5.41) is 14.8. The first kappa shape index (κ1) is 53.6. The van der Waals surface area contributed by atoms with Gasteiger partial charge in [-0.3, -0.25) is 9.59 Å². The standard InChI is InChI=1S/C39H44N2O12S4.3Na/c1-24(55(43,44)45)18-20-40-32-16-10-26-22-28(54-53-52-42)12-14-30(26)36(32)38(3,4)34(40)8-7-9-35-39(5,6)37-31-15-13-29(57(49,50)51)23-27(31)11-17-33(37)41(35)21-19-25(2)56(46,47)48;;;/h7-17,22-25H,18-21H2,1-6H3,(H3-,42,43,44,45,46,47,48,49,50,51);;;/q;3*+1/p-2. The fourth-order valence-electron chi connectivity index (χ4n) is 8.03. The third-order valence-electron chi connectivity index (χ3n) is 11.1. The normalized spacial score (nSPS) is 17.6. The molecule has 2 aliphatic heterocycles. The summed E-state index contributed by atoms with van der Waals surface area (Å²) in [5.74, 6) is 0. The largest absolute Gasteiger partial charge is 1.00 e. The molecule has 6 rings (SSSR count). The van der Waals surface area contributed by atoms with E-state index in [1.165, 1.54) is 26.0 Å². The van der Waals surface area contributed by atoms with E-state index < -0.39 is 51.7 Å². The first-order chi connectivity index (χ1) is 26.5. The van der Waals surface area contributed by atoms with Gasteiger partial charge in [0, 0.05) is 52.4 Å². The molecule has 0 fully saturated rings. The predicted octanol–water partition coefficient (Wildman–Crippen LogP) is -3.26. The zero-order valence-electron chi connectivity index (χ0n) is 35.0. The molecule has 0 saturated carbocycles. The van der Waals surface area contributed by atoms with Gasteiger partial charge in [0.2, 0.25) is 5.69 Å². The van der Waals surface area contributed by atoms with Gasteiger partial charge >= 0.3 is 88.7 Å². The van der Waals surface area contributed by atoms with Gasteiger partial charge in [-0.25, -0.2) is 16.8 Å². The minimum absolute atomic E-state index is 0. The molecule has 21 heteroatoms. The summed E-state index contributed by atoms with van der Waals surface area (Å²) < 4.78 is 112. The number of rotatable bonds is 14. The van der Waals surface area contributed by atoms with Crippen LogP contribution in [0.1, 0.15) is 65.5 Å². The number of anilines is 1. The summed E-state index contributed by atoms with van der Waals surface area (Å²) in [6, 6.07) is 17.1. The van der Waals surface area contributed by atoms with Crippen LogP contribution >= 0.6 is 12.0 Å². The average Bonchev–Trinajstić information content (AvgIpc) is 3.48. The van der Waals surface area contributed by atoms with Gasteiger partial charge in [0.25, 0.3) is 10.1 Å². The second-order valence-corrected chi connectivity index (χ2v) is 21.2. The molecule has 306 valence electrons. The molecule has 2 aliphatic rings. The molecule has 0 spiro atoms. The third kappa shape index (κ3) is 10.9. The maximum Gasteiger partial charge on any atom is 1.00 e. The van der Waals surface area contributed by atoms with Gasteiger partial charge in [-0.05, 0) is 104 Å². The van der Waals surface area contributed by atoms with Crippen LogP contribution in [0.15, 0.2) is 94.4 Å². The van der Waals surface area contributed by atoms with Crippen molar-refractivity contribution in [1.29, 1.82) is 0 Å². The van der Waals surface area contributed by atoms with Crippen LogP contribution in [-0.2, 0) is 50.6 Å². The molecule has 0 radical (unpaired) electrons. The van der Waals surface area contributed by atoms with Crippen LogP contribution in [-0.4, -0.2) is 72.8 Å². The number of hydrogen-bond donors (Lipinski definition) is 1. The van der Waals surface area contributed by atoms with Crippen molar-refractivity contribution in [3.8, 4) is 0 Å². The molecule has 0 bridgehead atoms.